The zero-order chi connectivity index (χ0) is 31.3. The van der Waals surface area contributed by atoms with Crippen LogP contribution in [0.2, 0.25) is 18.1 Å². The Bertz CT molecular complexity index is 1140. The van der Waals surface area contributed by atoms with Gasteiger partial charge in [0.05, 0.1) is 19.8 Å². The smallest absolute Gasteiger partial charge is 0.408 e. The number of nitrogens with one attached hydrogen (secondary N) is 2. The lowest BCUT2D eigenvalue weighted by Gasteiger charge is -2.37. The van der Waals surface area contributed by atoms with Gasteiger partial charge < -0.3 is 34.0 Å². The van der Waals surface area contributed by atoms with Gasteiger partial charge in [0.15, 0.2) is 0 Å². The lowest BCUT2D eigenvalue weighted by molar-refractivity contribution is -0.145. The molecule has 1 aromatic carbocycles. The Morgan fingerprint density at radius 1 is 1.10 bits per heavy atom. The molecule has 1 aliphatic rings. The van der Waals surface area contributed by atoms with E-state index in [1.807, 2.05) is 0 Å². The van der Waals surface area contributed by atoms with Crippen molar-refractivity contribution in [3.63, 3.8) is 0 Å². The van der Waals surface area contributed by atoms with E-state index in [0.29, 0.717) is 17.1 Å². The second kappa shape index (κ2) is 13.4. The molecule has 0 bridgehead atoms. The molecular weight excluding hydrogens is 568 g/mol. The molecule has 0 spiro atoms. The van der Waals surface area contributed by atoms with Crippen molar-refractivity contribution in [2.45, 2.75) is 96.1 Å². The van der Waals surface area contributed by atoms with Gasteiger partial charge in [0.25, 0.3) is 0 Å². The Morgan fingerprint density at radius 3 is 2.27 bits per heavy atom. The number of fused-ring (bicyclic) bond motifs is 1. The van der Waals surface area contributed by atoms with Crippen LogP contribution in [0.15, 0.2) is 12.1 Å². The maximum Gasteiger partial charge on any atom is 0.408 e. The van der Waals surface area contributed by atoms with Crippen molar-refractivity contribution in [3.8, 4) is 11.5 Å². The van der Waals surface area contributed by atoms with Gasteiger partial charge in [-0.15, -0.1) is 0 Å². The first-order valence-electron chi connectivity index (χ1n) is 13.4. The van der Waals surface area contributed by atoms with Crippen LogP contribution in [0.5, 0.6) is 11.5 Å². The van der Waals surface area contributed by atoms with Gasteiger partial charge in [-0.1, -0.05) is 20.8 Å². The summed E-state index contributed by atoms with van der Waals surface area (Å²) in [6.07, 6.45) is -2.03. The molecule has 0 radical (unpaired) electrons. The number of thioether (sulfide) groups is 1. The van der Waals surface area contributed by atoms with Crippen molar-refractivity contribution in [3.05, 3.63) is 23.3 Å². The molecule has 0 saturated carbocycles. The average Bonchev–Trinajstić information content (AvgIpc) is 2.83. The fourth-order valence-electron chi connectivity index (χ4n) is 3.57. The fourth-order valence-corrected chi connectivity index (χ4v) is 5.68. The molecule has 0 saturated heterocycles. The van der Waals surface area contributed by atoms with Gasteiger partial charge in [-0.2, -0.15) is 11.8 Å². The predicted molar refractivity (Wildman–Crippen MR) is 159 cm³/mol. The van der Waals surface area contributed by atoms with Crippen LogP contribution in [-0.2, 0) is 29.6 Å². The summed E-state index contributed by atoms with van der Waals surface area (Å²) in [6.45, 7) is 17.0. The molecule has 1 heterocycles. The van der Waals surface area contributed by atoms with Crippen molar-refractivity contribution in [1.29, 1.82) is 0 Å². The monoisotopic (exact) mass is 612 g/mol. The third-order valence-electron chi connectivity index (χ3n) is 6.86. The van der Waals surface area contributed by atoms with Crippen LogP contribution in [0.4, 0.5) is 4.79 Å². The minimum Gasteiger partial charge on any atom is -0.543 e. The van der Waals surface area contributed by atoms with E-state index in [2.05, 4.69) is 44.5 Å². The number of ether oxygens (including phenoxy) is 4. The third kappa shape index (κ3) is 9.28. The largest absolute Gasteiger partial charge is 0.543 e. The highest BCUT2D eigenvalue weighted by Crippen LogP contribution is 2.41. The number of rotatable bonds is 5. The van der Waals surface area contributed by atoms with E-state index in [1.54, 1.807) is 32.9 Å². The van der Waals surface area contributed by atoms with Crippen molar-refractivity contribution in [2.75, 3.05) is 20.0 Å². The minimum atomic E-state index is -2.35. The van der Waals surface area contributed by atoms with Gasteiger partial charge in [0.1, 0.15) is 35.3 Å². The Balaban J connectivity index is 2.63. The second-order valence-electron chi connectivity index (χ2n) is 12.3. The summed E-state index contributed by atoms with van der Waals surface area (Å²) in [6, 6.07) is 0.898. The molecule has 1 aromatic rings. The van der Waals surface area contributed by atoms with Crippen LogP contribution in [0.3, 0.4) is 0 Å². The third-order valence-corrected chi connectivity index (χ3v) is 12.3. The maximum absolute atomic E-state index is 13.6. The van der Waals surface area contributed by atoms with Gasteiger partial charge in [-0.25, -0.2) is 14.4 Å². The number of hydrogen-bond donors (Lipinski definition) is 2. The van der Waals surface area contributed by atoms with E-state index in [-0.39, 0.29) is 22.1 Å². The molecule has 0 aromatic heterocycles. The molecule has 3 atom stereocenters. The van der Waals surface area contributed by atoms with Gasteiger partial charge >= 0.3 is 18.0 Å². The summed E-state index contributed by atoms with van der Waals surface area (Å²) in [7, 11) is 0.362. The second-order valence-corrected chi connectivity index (χ2v) is 18.1. The van der Waals surface area contributed by atoms with Crippen LogP contribution in [0.25, 0.3) is 0 Å². The number of hydrogen-bond acceptors (Lipinski definition) is 10. The molecule has 11 nitrogen and oxygen atoms in total. The van der Waals surface area contributed by atoms with Crippen LogP contribution >= 0.6 is 11.8 Å². The standard InChI is InChI=1S/C28H44N2O9SSi/c1-16-22(30-26(34)38-27(2,3)4)23(31)29-20(25(33)36-9)15-40-14-19-18(24(32)37-16)12-17(35-8)13-21(19)39-41(10,11)28(5,6)7/h12-13,16,20,22H,14-15H2,1-11H3,(H,29,31)(H,30,34)/t16-,20+,22-/m1/s1. The normalized spacial score (nSPS) is 20.7. The first-order valence-corrected chi connectivity index (χ1v) is 17.4. The topological polar surface area (TPSA) is 138 Å². The fraction of sp³-hybridized carbons (Fsp3) is 0.643. The number of benzene rings is 1. The predicted octanol–water partition coefficient (Wildman–Crippen LogP) is 4.42. The minimum absolute atomic E-state index is 0.128. The highest BCUT2D eigenvalue weighted by Gasteiger charge is 2.40. The van der Waals surface area contributed by atoms with E-state index < -0.39 is 56.0 Å². The van der Waals surface area contributed by atoms with Gasteiger partial charge in [0, 0.05) is 23.1 Å². The molecule has 41 heavy (non-hydrogen) atoms. The maximum atomic E-state index is 13.6. The number of esters is 2. The van der Waals surface area contributed by atoms with Crippen molar-refractivity contribution in [2.24, 2.45) is 0 Å². The highest BCUT2D eigenvalue weighted by atomic mass is 32.2. The Kier molecular flexibility index (Phi) is 11.2. The number of carbonyl (C=O) groups is 4. The van der Waals surface area contributed by atoms with Crippen LogP contribution in [0.1, 0.15) is 64.4 Å². The first-order chi connectivity index (χ1) is 18.8. The quantitative estimate of drug-likeness (QED) is 0.279. The Morgan fingerprint density at radius 2 is 1.73 bits per heavy atom. The molecule has 13 heteroatoms. The molecule has 0 fully saturated rings. The van der Waals surface area contributed by atoms with E-state index in [4.69, 9.17) is 23.4 Å². The van der Waals surface area contributed by atoms with Gasteiger partial charge in [0.2, 0.25) is 14.2 Å². The number of carbonyl (C=O) groups excluding carboxylic acids is 4. The Labute approximate surface area is 247 Å². The highest BCUT2D eigenvalue weighted by molar-refractivity contribution is 7.98. The summed E-state index contributed by atoms with van der Waals surface area (Å²) in [5.74, 6) is -0.824. The summed E-state index contributed by atoms with van der Waals surface area (Å²) in [4.78, 5) is 52.1. The van der Waals surface area contributed by atoms with Crippen molar-refractivity contribution in [1.82, 2.24) is 10.6 Å². The van der Waals surface area contributed by atoms with E-state index >= 15 is 0 Å². The average molecular weight is 613 g/mol. The SMILES string of the molecule is COC(=O)[C@@H]1CSCc2c(O[Si](C)(C)C(C)(C)C)cc(OC)cc2C(=O)O[C@H](C)[C@@H](NC(=O)OC(C)(C)C)C(=O)N1. The summed E-state index contributed by atoms with van der Waals surface area (Å²) >= 11 is 1.31. The molecule has 2 N–H and O–H groups in total. The summed E-state index contributed by atoms with van der Waals surface area (Å²) in [5.41, 5.74) is -0.0679. The molecular formula is C28H44N2O9SSi. The molecule has 0 unspecified atom stereocenters. The van der Waals surface area contributed by atoms with Crippen molar-refractivity contribution >= 4 is 44.0 Å². The van der Waals surface area contributed by atoms with E-state index in [1.165, 1.54) is 32.9 Å². The van der Waals surface area contributed by atoms with Gasteiger partial charge in [-0.05, 0) is 51.9 Å². The summed E-state index contributed by atoms with van der Waals surface area (Å²) in [5, 5.41) is 4.97. The summed E-state index contributed by atoms with van der Waals surface area (Å²) < 4.78 is 28.1. The van der Waals surface area contributed by atoms with Crippen molar-refractivity contribution < 1.29 is 42.6 Å². The lowest BCUT2D eigenvalue weighted by Crippen LogP contribution is -2.57. The number of cyclic esters (lactones) is 1. The molecule has 0 aliphatic carbocycles. The molecule has 1 aliphatic heterocycles. The van der Waals surface area contributed by atoms with Gasteiger partial charge in [-0.3, -0.25) is 4.79 Å². The molecule has 230 valence electrons. The molecule has 2 amide bonds. The number of methoxy groups -OCH3 is 2. The van der Waals surface area contributed by atoms with Crippen LogP contribution in [0, 0.1) is 0 Å². The van der Waals surface area contributed by atoms with E-state index in [0.717, 1.165) is 0 Å². The molecule has 2 rings (SSSR count). The van der Waals surface area contributed by atoms with E-state index in [9.17, 15) is 19.2 Å². The lowest BCUT2D eigenvalue weighted by atomic mass is 10.1. The zero-order valence-electron chi connectivity index (χ0n) is 25.9. The first kappa shape index (κ1) is 34.3. The Hall–Kier alpha value is -2.93. The van der Waals surface area contributed by atoms with Crippen LogP contribution < -0.4 is 19.8 Å². The number of alkyl carbamates (subject to hydrolysis) is 1. The van der Waals surface area contributed by atoms with Crippen LogP contribution in [-0.4, -0.2) is 76.0 Å². The number of amides is 2. The zero-order valence-corrected chi connectivity index (χ0v) is 27.7.